The van der Waals surface area contributed by atoms with Gasteiger partial charge in [-0.1, -0.05) is 32.9 Å². The van der Waals surface area contributed by atoms with Crippen LogP contribution < -0.4 is 0 Å². The normalized spacial score (nSPS) is 9.79. The maximum Gasteiger partial charge on any atom is 0.130 e. The van der Waals surface area contributed by atoms with Crippen molar-refractivity contribution >= 4 is 6.08 Å². The monoisotopic (exact) mass is 198 g/mol. The molecule has 0 unspecified atom stereocenters. The number of hydrogen-bond acceptors (Lipinski definition) is 0. The molecule has 0 N–H and O–H groups in total. The van der Waals surface area contributed by atoms with E-state index in [0.29, 0.717) is 5.56 Å². The molecule has 2 heteroatoms. The van der Waals surface area contributed by atoms with Crippen molar-refractivity contribution in [2.75, 3.05) is 0 Å². The van der Waals surface area contributed by atoms with Crippen LogP contribution in [0.3, 0.4) is 0 Å². The lowest BCUT2D eigenvalue weighted by Gasteiger charge is -1.95. The van der Waals surface area contributed by atoms with Crippen LogP contribution in [0.1, 0.15) is 32.8 Å². The average molecular weight is 198 g/mol. The van der Waals surface area contributed by atoms with Gasteiger partial charge in [0.1, 0.15) is 11.6 Å². The molecule has 1 aromatic carbocycles. The number of benzene rings is 1. The minimum atomic E-state index is -0.410. The second-order valence-electron chi connectivity index (χ2n) is 2.48. The van der Waals surface area contributed by atoms with E-state index >= 15 is 0 Å². The summed E-state index contributed by atoms with van der Waals surface area (Å²) in [5.41, 5.74) is 0.303. The average Bonchev–Trinajstić information content (AvgIpc) is 2.22. The fourth-order valence-electron chi connectivity index (χ4n) is 0.887. The van der Waals surface area contributed by atoms with Crippen molar-refractivity contribution in [1.82, 2.24) is 0 Å². The van der Waals surface area contributed by atoms with Crippen LogP contribution in [-0.4, -0.2) is 0 Å². The van der Waals surface area contributed by atoms with Gasteiger partial charge in [0.05, 0.1) is 0 Å². The van der Waals surface area contributed by atoms with Crippen LogP contribution in [0.4, 0.5) is 8.78 Å². The maximum atomic E-state index is 12.9. The minimum Gasteiger partial charge on any atom is -0.207 e. The topological polar surface area (TPSA) is 0 Å². The van der Waals surface area contributed by atoms with Crippen LogP contribution in [0, 0.1) is 11.6 Å². The molecule has 0 aromatic heterocycles. The molecule has 1 rings (SSSR count). The number of hydrogen-bond donors (Lipinski definition) is 0. The van der Waals surface area contributed by atoms with E-state index in [-0.39, 0.29) is 5.82 Å². The van der Waals surface area contributed by atoms with Crippen molar-refractivity contribution in [3.63, 3.8) is 0 Å². The first-order valence-corrected chi connectivity index (χ1v) is 4.85. The van der Waals surface area contributed by atoms with E-state index in [1.54, 1.807) is 12.2 Å². The van der Waals surface area contributed by atoms with Gasteiger partial charge >= 0.3 is 0 Å². The molecule has 0 fully saturated rings. The molecule has 0 spiro atoms. The molecule has 0 aliphatic carbocycles. The van der Waals surface area contributed by atoms with Crippen LogP contribution in [0.15, 0.2) is 24.3 Å². The Bertz CT molecular complexity index is 290. The first-order chi connectivity index (χ1) is 6.74. The molecule has 14 heavy (non-hydrogen) atoms. The highest BCUT2D eigenvalue weighted by Crippen LogP contribution is 2.11. The van der Waals surface area contributed by atoms with E-state index in [9.17, 15) is 8.78 Å². The van der Waals surface area contributed by atoms with Crippen LogP contribution in [0.2, 0.25) is 0 Å². The lowest BCUT2D eigenvalue weighted by atomic mass is 10.2. The van der Waals surface area contributed by atoms with Gasteiger partial charge in [0.2, 0.25) is 0 Å². The summed E-state index contributed by atoms with van der Waals surface area (Å²) in [5.74, 6) is -0.798. The Morgan fingerprint density at radius 2 is 1.86 bits per heavy atom. The Morgan fingerprint density at radius 1 is 1.21 bits per heavy atom. The summed E-state index contributed by atoms with van der Waals surface area (Å²) in [6.45, 7) is 5.94. The molecular formula is C12H16F2. The second-order valence-corrected chi connectivity index (χ2v) is 2.48. The zero-order valence-corrected chi connectivity index (χ0v) is 8.85. The van der Waals surface area contributed by atoms with Gasteiger partial charge in [-0.2, -0.15) is 0 Å². The van der Waals surface area contributed by atoms with Crippen LogP contribution in [0.25, 0.3) is 6.08 Å². The summed E-state index contributed by atoms with van der Waals surface area (Å²) in [6, 6.07) is 3.42. The molecule has 0 amide bonds. The standard InChI is InChI=1S/C10H10F2.C2H6/c1-2-3-4-8-7-9(11)5-6-10(8)12;1-2/h3-7H,2H2,1H3;1-2H3/b4-3+;. The van der Waals surface area contributed by atoms with Gasteiger partial charge in [-0.05, 0) is 24.6 Å². The van der Waals surface area contributed by atoms with Gasteiger partial charge in [-0.3, -0.25) is 0 Å². The van der Waals surface area contributed by atoms with Crippen molar-refractivity contribution in [3.8, 4) is 0 Å². The molecule has 1 aromatic rings. The molecule has 0 saturated carbocycles. The molecule has 78 valence electrons. The molecule has 0 aliphatic rings. The van der Waals surface area contributed by atoms with Crippen molar-refractivity contribution in [2.45, 2.75) is 27.2 Å². The summed E-state index contributed by atoms with van der Waals surface area (Å²) >= 11 is 0. The third-order valence-electron chi connectivity index (χ3n) is 1.49. The highest BCUT2D eigenvalue weighted by atomic mass is 19.1. The van der Waals surface area contributed by atoms with Crippen molar-refractivity contribution in [1.29, 1.82) is 0 Å². The number of allylic oxidation sites excluding steroid dienone is 1. The highest BCUT2D eigenvalue weighted by Gasteiger charge is 1.98. The van der Waals surface area contributed by atoms with E-state index in [0.717, 1.165) is 18.6 Å². The molecular weight excluding hydrogens is 182 g/mol. The lowest BCUT2D eigenvalue weighted by Crippen LogP contribution is -1.83. The zero-order chi connectivity index (χ0) is 11.0. The third kappa shape index (κ3) is 4.17. The summed E-state index contributed by atoms with van der Waals surface area (Å²) in [6.07, 6.45) is 4.19. The SMILES string of the molecule is CC.CC/C=C/c1cc(F)ccc1F. The Labute approximate surface area is 84.3 Å². The van der Waals surface area contributed by atoms with E-state index in [1.165, 1.54) is 6.07 Å². The molecule has 0 bridgehead atoms. The van der Waals surface area contributed by atoms with Gasteiger partial charge in [0.15, 0.2) is 0 Å². The molecule has 0 radical (unpaired) electrons. The Kier molecular flexibility index (Phi) is 6.63. The summed E-state index contributed by atoms with van der Waals surface area (Å²) in [7, 11) is 0. The predicted octanol–water partition coefficient (Wildman–Crippen LogP) is 4.41. The molecule has 0 nitrogen and oxygen atoms in total. The summed E-state index contributed by atoms with van der Waals surface area (Å²) in [5, 5.41) is 0. The van der Waals surface area contributed by atoms with Gasteiger partial charge in [-0.15, -0.1) is 0 Å². The van der Waals surface area contributed by atoms with Crippen LogP contribution in [-0.2, 0) is 0 Å². The van der Waals surface area contributed by atoms with E-state index in [2.05, 4.69) is 0 Å². The van der Waals surface area contributed by atoms with Gasteiger partial charge < -0.3 is 0 Å². The number of rotatable bonds is 2. The molecule has 0 heterocycles. The van der Waals surface area contributed by atoms with Gasteiger partial charge in [-0.25, -0.2) is 8.78 Å². The first-order valence-electron chi connectivity index (χ1n) is 4.85. The Balaban J connectivity index is 0.000000791. The van der Waals surface area contributed by atoms with Crippen molar-refractivity contribution in [3.05, 3.63) is 41.5 Å². The molecule has 0 saturated heterocycles. The van der Waals surface area contributed by atoms with Crippen LogP contribution >= 0.6 is 0 Å². The van der Waals surface area contributed by atoms with E-state index in [4.69, 9.17) is 0 Å². The lowest BCUT2D eigenvalue weighted by molar-refractivity contribution is 0.598. The third-order valence-corrected chi connectivity index (χ3v) is 1.49. The smallest absolute Gasteiger partial charge is 0.130 e. The molecule has 0 atom stereocenters. The summed E-state index contributed by atoms with van der Waals surface area (Å²) < 4.78 is 25.4. The highest BCUT2D eigenvalue weighted by molar-refractivity contribution is 5.49. The zero-order valence-electron chi connectivity index (χ0n) is 8.85. The van der Waals surface area contributed by atoms with Crippen LogP contribution in [0.5, 0.6) is 0 Å². The number of halogens is 2. The van der Waals surface area contributed by atoms with E-state index < -0.39 is 5.82 Å². The van der Waals surface area contributed by atoms with Crippen molar-refractivity contribution in [2.24, 2.45) is 0 Å². The Morgan fingerprint density at radius 3 is 2.43 bits per heavy atom. The fraction of sp³-hybridized carbons (Fsp3) is 0.333. The van der Waals surface area contributed by atoms with E-state index in [1.807, 2.05) is 20.8 Å². The largest absolute Gasteiger partial charge is 0.207 e. The minimum absolute atomic E-state index is 0.303. The second kappa shape index (κ2) is 7.25. The summed E-state index contributed by atoms with van der Waals surface area (Å²) in [4.78, 5) is 0. The first kappa shape index (κ1) is 12.8. The fourth-order valence-corrected chi connectivity index (χ4v) is 0.887. The van der Waals surface area contributed by atoms with Gasteiger partial charge in [0, 0.05) is 5.56 Å². The van der Waals surface area contributed by atoms with Crippen molar-refractivity contribution < 1.29 is 8.78 Å². The maximum absolute atomic E-state index is 12.9. The molecule has 0 aliphatic heterocycles. The predicted molar refractivity (Wildman–Crippen MR) is 57.0 cm³/mol. The quantitative estimate of drug-likeness (QED) is 0.660. The van der Waals surface area contributed by atoms with Gasteiger partial charge in [0.25, 0.3) is 0 Å². The Hall–Kier alpha value is -1.18.